The number of fused-ring (bicyclic) bond motifs is 1. The molecule has 2 atom stereocenters. The van der Waals surface area contributed by atoms with E-state index in [2.05, 4.69) is 16.9 Å². The fraction of sp³-hybridized carbons (Fsp3) is 0.545. The van der Waals surface area contributed by atoms with Gasteiger partial charge in [-0.1, -0.05) is 0 Å². The van der Waals surface area contributed by atoms with Gasteiger partial charge in [0.05, 0.1) is 23.5 Å². The van der Waals surface area contributed by atoms with E-state index in [-0.39, 0.29) is 18.0 Å². The molecule has 2 aliphatic rings. The molecule has 164 valence electrons. The Morgan fingerprint density at radius 3 is 2.84 bits per heavy atom. The van der Waals surface area contributed by atoms with Gasteiger partial charge in [0.2, 0.25) is 0 Å². The van der Waals surface area contributed by atoms with Gasteiger partial charge < -0.3 is 15.5 Å². The Morgan fingerprint density at radius 1 is 1.23 bits per heavy atom. The molecule has 0 bridgehead atoms. The monoisotopic (exact) mass is 422 g/mol. The summed E-state index contributed by atoms with van der Waals surface area (Å²) in [5, 5.41) is 9.10. The van der Waals surface area contributed by atoms with Crippen LogP contribution < -0.4 is 10.6 Å². The number of likely N-dealkylation sites (tertiary alicyclic amines) is 1. The van der Waals surface area contributed by atoms with Crippen molar-refractivity contribution >= 4 is 17.4 Å². The largest absolute Gasteiger partial charge is 0.355 e. The van der Waals surface area contributed by atoms with Crippen LogP contribution in [0, 0.1) is 6.92 Å². The Hall–Kier alpha value is -2.94. The number of nitrogens with two attached hydrogens (primary N) is 1. The highest BCUT2D eigenvalue weighted by Gasteiger charge is 2.31. The van der Waals surface area contributed by atoms with E-state index in [4.69, 9.17) is 15.8 Å². The normalized spacial score (nSPS) is 21.9. The van der Waals surface area contributed by atoms with Crippen molar-refractivity contribution in [2.24, 2.45) is 5.73 Å². The van der Waals surface area contributed by atoms with Crippen molar-refractivity contribution in [3.05, 3.63) is 41.5 Å². The molecule has 0 unspecified atom stereocenters. The minimum Gasteiger partial charge on any atom is -0.355 e. The minimum absolute atomic E-state index is 0.0253. The summed E-state index contributed by atoms with van der Waals surface area (Å²) in [5.41, 5.74) is 9.53. The van der Waals surface area contributed by atoms with Crippen molar-refractivity contribution in [2.75, 3.05) is 24.5 Å². The number of hydrogen-bond donors (Lipinski definition) is 1. The number of aromatic nitrogens is 5. The van der Waals surface area contributed by atoms with Crippen LogP contribution in [0.4, 0.5) is 5.82 Å². The van der Waals surface area contributed by atoms with E-state index in [9.17, 15) is 4.79 Å². The molecule has 2 aliphatic heterocycles. The average molecular weight is 423 g/mol. The average Bonchev–Trinajstić information content (AvgIpc) is 3.51. The van der Waals surface area contributed by atoms with Gasteiger partial charge in [0.1, 0.15) is 5.82 Å². The molecular formula is C22H30N8O. The molecule has 0 aromatic carbocycles. The summed E-state index contributed by atoms with van der Waals surface area (Å²) in [4.78, 5) is 22.4. The Balaban J connectivity index is 1.45. The van der Waals surface area contributed by atoms with Crippen LogP contribution in [-0.2, 0) is 6.54 Å². The van der Waals surface area contributed by atoms with E-state index < -0.39 is 0 Å². The van der Waals surface area contributed by atoms with Gasteiger partial charge in [-0.2, -0.15) is 10.2 Å². The van der Waals surface area contributed by atoms with E-state index in [1.165, 1.54) is 0 Å². The van der Waals surface area contributed by atoms with Crippen LogP contribution >= 0.6 is 0 Å². The highest BCUT2D eigenvalue weighted by molar-refractivity contribution is 5.94. The summed E-state index contributed by atoms with van der Waals surface area (Å²) in [6, 6.07) is 2.19. The summed E-state index contributed by atoms with van der Waals surface area (Å²) in [5.74, 6) is 1.01. The molecule has 5 heterocycles. The predicted octanol–water partition coefficient (Wildman–Crippen LogP) is 2.16. The van der Waals surface area contributed by atoms with Gasteiger partial charge in [-0.25, -0.2) is 9.50 Å². The van der Waals surface area contributed by atoms with Gasteiger partial charge in [0.25, 0.3) is 5.91 Å². The number of carbonyl (C=O) groups excluding carboxylic acids is 1. The molecular weight excluding hydrogens is 392 g/mol. The Morgan fingerprint density at radius 2 is 2.10 bits per heavy atom. The molecule has 1 amide bonds. The summed E-state index contributed by atoms with van der Waals surface area (Å²) in [6.07, 6.45) is 9.52. The van der Waals surface area contributed by atoms with Crippen molar-refractivity contribution in [2.45, 2.75) is 58.2 Å². The zero-order valence-electron chi connectivity index (χ0n) is 18.2. The lowest BCUT2D eigenvalue weighted by molar-refractivity contribution is 0.0605. The van der Waals surface area contributed by atoms with E-state index in [0.29, 0.717) is 5.56 Å². The smallest absolute Gasteiger partial charge is 0.257 e. The van der Waals surface area contributed by atoms with E-state index >= 15 is 0 Å². The first-order valence-corrected chi connectivity index (χ1v) is 11.2. The van der Waals surface area contributed by atoms with Gasteiger partial charge in [-0.15, -0.1) is 0 Å². The maximum Gasteiger partial charge on any atom is 0.257 e. The first-order valence-electron chi connectivity index (χ1n) is 11.2. The molecule has 5 rings (SSSR count). The van der Waals surface area contributed by atoms with Gasteiger partial charge in [-0.3, -0.25) is 9.48 Å². The molecule has 31 heavy (non-hydrogen) atoms. The summed E-state index contributed by atoms with van der Waals surface area (Å²) in [7, 11) is 0. The number of aryl methyl sites for hydroxylation is 2. The van der Waals surface area contributed by atoms with Gasteiger partial charge >= 0.3 is 0 Å². The Bertz CT molecular complexity index is 1100. The zero-order chi connectivity index (χ0) is 21.5. The van der Waals surface area contributed by atoms with Crippen LogP contribution in [-0.4, -0.2) is 60.9 Å². The molecule has 3 aromatic rings. The van der Waals surface area contributed by atoms with Crippen molar-refractivity contribution in [3.63, 3.8) is 0 Å². The number of nitrogens with zero attached hydrogens (tertiary/aromatic N) is 7. The first-order chi connectivity index (χ1) is 15.0. The Kier molecular flexibility index (Phi) is 5.13. The van der Waals surface area contributed by atoms with E-state index in [1.54, 1.807) is 10.9 Å². The molecule has 0 saturated carbocycles. The molecule has 3 aromatic heterocycles. The first kappa shape index (κ1) is 20.0. The topological polar surface area (TPSA) is 97.6 Å². The van der Waals surface area contributed by atoms with Crippen molar-refractivity contribution < 1.29 is 4.79 Å². The number of amides is 1. The fourth-order valence-corrected chi connectivity index (χ4v) is 4.78. The number of anilines is 1. The number of rotatable bonds is 4. The van der Waals surface area contributed by atoms with E-state index in [1.807, 2.05) is 34.8 Å². The lowest BCUT2D eigenvalue weighted by atomic mass is 9.98. The maximum atomic E-state index is 13.2. The van der Waals surface area contributed by atoms with Gasteiger partial charge in [-0.05, 0) is 39.5 Å². The third kappa shape index (κ3) is 3.67. The molecule has 0 spiro atoms. The molecule has 9 heteroatoms. The van der Waals surface area contributed by atoms with Crippen LogP contribution in [0.1, 0.15) is 60.3 Å². The van der Waals surface area contributed by atoms with Gasteiger partial charge in [0.15, 0.2) is 5.65 Å². The molecule has 2 fully saturated rings. The predicted molar refractivity (Wildman–Crippen MR) is 118 cm³/mol. The molecule has 2 N–H and O–H groups in total. The zero-order valence-corrected chi connectivity index (χ0v) is 18.2. The van der Waals surface area contributed by atoms with E-state index in [0.717, 1.165) is 74.6 Å². The maximum absolute atomic E-state index is 13.2. The highest BCUT2D eigenvalue weighted by atomic mass is 16.2. The standard InChI is InChI=1S/C22H30N8O/c1-3-28-13-16(11-24-28)22(31)29-8-5-4-6-19(29)18-10-20-25-21(15(2)12-30(20)26-18)27-9-7-17(23)14-27/h10-13,17,19H,3-9,14,23H2,1-2H3/t17-,19-/m0/s1. The van der Waals surface area contributed by atoms with Crippen molar-refractivity contribution in [1.82, 2.24) is 29.3 Å². The second-order valence-corrected chi connectivity index (χ2v) is 8.71. The van der Waals surface area contributed by atoms with Crippen LogP contribution in [0.2, 0.25) is 0 Å². The summed E-state index contributed by atoms with van der Waals surface area (Å²) < 4.78 is 3.63. The lowest BCUT2D eigenvalue weighted by Crippen LogP contribution is -2.38. The van der Waals surface area contributed by atoms with Crippen molar-refractivity contribution in [1.29, 1.82) is 0 Å². The molecule has 0 radical (unpaired) electrons. The third-order valence-corrected chi connectivity index (χ3v) is 6.46. The number of carbonyl (C=O) groups is 1. The Labute approximate surface area is 181 Å². The third-order valence-electron chi connectivity index (χ3n) is 6.46. The minimum atomic E-state index is -0.0445. The number of piperidine rings is 1. The molecule has 2 saturated heterocycles. The SMILES string of the molecule is CCn1cc(C(=O)N2CCCC[C@H]2c2cc3nc(N4CC[C@H](N)C4)c(C)cn3n2)cn1. The second kappa shape index (κ2) is 7.96. The fourth-order valence-electron chi connectivity index (χ4n) is 4.78. The van der Waals surface area contributed by atoms with Crippen LogP contribution in [0.3, 0.4) is 0 Å². The number of hydrogen-bond acceptors (Lipinski definition) is 6. The van der Waals surface area contributed by atoms with Gasteiger partial charge in [0, 0.05) is 56.2 Å². The molecule has 9 nitrogen and oxygen atoms in total. The van der Waals surface area contributed by atoms with Crippen molar-refractivity contribution in [3.8, 4) is 0 Å². The second-order valence-electron chi connectivity index (χ2n) is 8.71. The molecule has 0 aliphatic carbocycles. The van der Waals surface area contributed by atoms with Crippen LogP contribution in [0.15, 0.2) is 24.7 Å². The van der Waals surface area contributed by atoms with Crippen LogP contribution in [0.25, 0.3) is 5.65 Å². The summed E-state index contributed by atoms with van der Waals surface area (Å²) >= 11 is 0. The lowest BCUT2D eigenvalue weighted by Gasteiger charge is -2.34. The quantitative estimate of drug-likeness (QED) is 0.692. The van der Waals surface area contributed by atoms with Crippen LogP contribution in [0.5, 0.6) is 0 Å². The highest BCUT2D eigenvalue weighted by Crippen LogP contribution is 2.32. The summed E-state index contributed by atoms with van der Waals surface area (Å²) in [6.45, 7) is 7.33.